The molecule has 3 aromatic carbocycles. The Bertz CT molecular complexity index is 1050. The molecule has 0 unspecified atom stereocenters. The number of amides is 1. The van der Waals surface area contributed by atoms with Crippen molar-refractivity contribution in [3.8, 4) is 5.75 Å². The van der Waals surface area contributed by atoms with Crippen LogP contribution in [-0.4, -0.2) is 20.7 Å². The molecule has 29 heavy (non-hydrogen) atoms. The van der Waals surface area contributed by atoms with Gasteiger partial charge in [0.25, 0.3) is 5.91 Å². The third-order valence-corrected chi connectivity index (χ3v) is 9.18. The Balaban J connectivity index is 0.000000212. The molecule has 0 aliphatic heterocycles. The number of aromatic hydroxyl groups is 1. The van der Waals surface area contributed by atoms with Crippen molar-refractivity contribution in [1.82, 2.24) is 0 Å². The summed E-state index contributed by atoms with van der Waals surface area (Å²) in [5, 5.41) is 12.2. The molecule has 0 saturated heterocycles. The van der Waals surface area contributed by atoms with Crippen LogP contribution in [-0.2, 0) is 9.84 Å². The van der Waals surface area contributed by atoms with E-state index < -0.39 is 11.1 Å². The Morgan fingerprint density at radius 2 is 1.45 bits per heavy atom. The summed E-state index contributed by atoms with van der Waals surface area (Å²) in [6.45, 7) is 1.93. The van der Waals surface area contributed by atoms with Gasteiger partial charge >= 0.3 is 0 Å². The van der Waals surface area contributed by atoms with E-state index in [9.17, 15) is 18.3 Å². The summed E-state index contributed by atoms with van der Waals surface area (Å²) in [4.78, 5) is 12.2. The van der Waals surface area contributed by atoms with E-state index in [1.807, 2.05) is 82.4 Å². The highest BCUT2D eigenvalue weighted by Gasteiger charge is 2.21. The van der Waals surface area contributed by atoms with Crippen molar-refractivity contribution in [3.05, 3.63) is 90.0 Å². The van der Waals surface area contributed by atoms with E-state index in [1.165, 1.54) is 6.07 Å². The Morgan fingerprint density at radius 1 is 0.897 bits per heavy atom. The molecule has 0 bridgehead atoms. The van der Waals surface area contributed by atoms with Crippen molar-refractivity contribution in [3.63, 3.8) is 0 Å². The number of nitrogens with one attached hydrogen (secondary N) is 1. The van der Waals surface area contributed by atoms with Gasteiger partial charge in [0, 0.05) is 5.69 Å². The van der Waals surface area contributed by atoms with Crippen LogP contribution in [0.1, 0.15) is 15.9 Å². The van der Waals surface area contributed by atoms with Crippen molar-refractivity contribution in [2.24, 2.45) is 0 Å². The highest BCUT2D eigenvalue weighted by atomic mass is 127. The fourth-order valence-electron chi connectivity index (χ4n) is 2.22. The zero-order valence-electron chi connectivity index (χ0n) is 15.4. The maximum atomic E-state index is 11.8. The molecule has 0 aliphatic rings. The fourth-order valence-corrected chi connectivity index (χ4v) is 4.70. The first-order valence-electron chi connectivity index (χ1n) is 8.45. The van der Waals surface area contributed by atoms with Crippen LogP contribution >= 0.6 is 45.2 Å². The third-order valence-electron chi connectivity index (χ3n) is 3.76. The number of alkyl halides is 2. The molecule has 0 heterocycles. The number of phenols is 1. The summed E-state index contributed by atoms with van der Waals surface area (Å²) in [5.41, 5.74) is 2.04. The maximum absolute atomic E-state index is 11.8. The van der Waals surface area contributed by atoms with Gasteiger partial charge in [-0.1, -0.05) is 93.2 Å². The Kier molecular flexibility index (Phi) is 8.90. The van der Waals surface area contributed by atoms with Crippen molar-refractivity contribution in [2.45, 2.75) is 13.1 Å². The molecule has 5 nitrogen and oxygen atoms in total. The van der Waals surface area contributed by atoms with E-state index in [-0.39, 0.29) is 17.2 Å². The van der Waals surface area contributed by atoms with Gasteiger partial charge in [-0.2, -0.15) is 0 Å². The second-order valence-corrected chi connectivity index (χ2v) is 14.6. The van der Waals surface area contributed by atoms with Gasteiger partial charge in [0.2, 0.25) is 0 Å². The molecule has 3 rings (SSSR count). The molecule has 8 heteroatoms. The van der Waals surface area contributed by atoms with Gasteiger partial charge in [-0.15, -0.1) is 0 Å². The molecule has 0 aliphatic carbocycles. The molecule has 0 atom stereocenters. The summed E-state index contributed by atoms with van der Waals surface area (Å²) in [6, 6.07) is 22.5. The number of para-hydroxylation sites is 2. The number of phenolic OH excluding ortho intramolecular Hbond substituents is 1. The van der Waals surface area contributed by atoms with Crippen molar-refractivity contribution < 1.29 is 18.3 Å². The lowest BCUT2D eigenvalue weighted by Gasteiger charge is -2.05. The number of rotatable bonds is 4. The number of halogens is 2. The van der Waals surface area contributed by atoms with Crippen LogP contribution in [0, 0.1) is 6.92 Å². The van der Waals surface area contributed by atoms with Gasteiger partial charge in [0.15, 0.2) is 11.1 Å². The second-order valence-electron chi connectivity index (χ2n) is 5.96. The topological polar surface area (TPSA) is 83.5 Å². The Morgan fingerprint density at radius 3 is 2.00 bits per heavy atom. The number of hydrogen-bond acceptors (Lipinski definition) is 4. The van der Waals surface area contributed by atoms with Gasteiger partial charge in [-0.25, -0.2) is 8.42 Å². The average Bonchev–Trinajstić information content (AvgIpc) is 2.70. The van der Waals surface area contributed by atoms with Crippen molar-refractivity contribution in [2.75, 3.05) is 5.32 Å². The smallest absolute Gasteiger partial charge is 0.259 e. The molecule has 3 aromatic rings. The quantitative estimate of drug-likeness (QED) is 0.291. The normalized spacial score (nSPS) is 10.8. The molecular formula is C21H19I2NO4S. The molecule has 0 fully saturated rings. The van der Waals surface area contributed by atoms with E-state index in [2.05, 4.69) is 5.32 Å². The number of carbonyl (C=O) groups is 1. The van der Waals surface area contributed by atoms with E-state index in [4.69, 9.17) is 0 Å². The predicted octanol–water partition coefficient (Wildman–Crippen LogP) is 5.57. The lowest BCUT2D eigenvalue weighted by Crippen LogP contribution is -2.11. The number of anilines is 1. The summed E-state index contributed by atoms with van der Waals surface area (Å²) in [7, 11) is -3.12. The van der Waals surface area contributed by atoms with Crippen LogP contribution in [0.5, 0.6) is 5.75 Å². The summed E-state index contributed by atoms with van der Waals surface area (Å²) < 4.78 is 22.8. The van der Waals surface area contributed by atoms with Crippen LogP contribution in [0.3, 0.4) is 0 Å². The van der Waals surface area contributed by atoms with Crippen LogP contribution in [0.15, 0.2) is 83.8 Å². The van der Waals surface area contributed by atoms with Gasteiger partial charge in [0.05, 0.1) is 10.5 Å². The number of carbonyl (C=O) groups excluding carboxylic acids is 1. The minimum absolute atomic E-state index is 0.0177. The standard InChI is InChI=1S/C13H11NO2.C8H8I2O2S/c15-12-9-5-4-8-11(12)13(16)14-10-6-2-1-3-7-10;1-6-2-4-7(5-3-6)13(11,12)8(9)10/h1-9,15H,(H,14,16);2-5,8H,1H3. The molecule has 0 aromatic heterocycles. The zero-order valence-corrected chi connectivity index (χ0v) is 20.6. The number of benzene rings is 3. The van der Waals surface area contributed by atoms with Gasteiger partial charge < -0.3 is 10.4 Å². The van der Waals surface area contributed by atoms with Crippen LogP contribution in [0.4, 0.5) is 5.69 Å². The van der Waals surface area contributed by atoms with Crippen LogP contribution in [0.25, 0.3) is 0 Å². The first-order chi connectivity index (χ1) is 13.7. The monoisotopic (exact) mass is 635 g/mol. The minimum atomic E-state index is -3.12. The third kappa shape index (κ3) is 6.96. The molecule has 1 amide bonds. The van der Waals surface area contributed by atoms with Crippen molar-refractivity contribution in [1.29, 1.82) is 0 Å². The van der Waals surface area contributed by atoms with Crippen molar-refractivity contribution >= 4 is 66.6 Å². The summed E-state index contributed by atoms with van der Waals surface area (Å²) >= 11 is 3.79. The highest BCUT2D eigenvalue weighted by Crippen LogP contribution is 2.25. The molecule has 0 saturated carbocycles. The number of hydrogen-bond donors (Lipinski definition) is 2. The molecule has 2 N–H and O–H groups in total. The van der Waals surface area contributed by atoms with E-state index in [0.29, 0.717) is 10.6 Å². The van der Waals surface area contributed by atoms with Gasteiger partial charge in [-0.3, -0.25) is 4.79 Å². The first-order valence-corrected chi connectivity index (χ1v) is 12.5. The van der Waals surface area contributed by atoms with E-state index in [1.54, 1.807) is 42.5 Å². The largest absolute Gasteiger partial charge is 0.507 e. The number of aryl methyl sites for hydroxylation is 1. The second kappa shape index (κ2) is 10.9. The number of sulfone groups is 1. The molecule has 0 radical (unpaired) electrons. The zero-order chi connectivity index (χ0) is 21.4. The molecular weight excluding hydrogens is 616 g/mol. The average molecular weight is 635 g/mol. The minimum Gasteiger partial charge on any atom is -0.507 e. The van der Waals surface area contributed by atoms with Crippen LogP contribution < -0.4 is 5.32 Å². The maximum Gasteiger partial charge on any atom is 0.259 e. The van der Waals surface area contributed by atoms with E-state index in [0.717, 1.165) is 5.56 Å². The Hall–Kier alpha value is -1.66. The SMILES string of the molecule is Cc1ccc(S(=O)(=O)C(I)I)cc1.O=C(Nc1ccccc1)c1ccccc1O. The van der Waals surface area contributed by atoms with Crippen LogP contribution in [0.2, 0.25) is 0 Å². The molecule has 0 spiro atoms. The van der Waals surface area contributed by atoms with Gasteiger partial charge in [-0.05, 0) is 43.3 Å². The summed E-state index contributed by atoms with van der Waals surface area (Å²) in [6.07, 6.45) is 0. The van der Waals surface area contributed by atoms with E-state index >= 15 is 0 Å². The summed E-state index contributed by atoms with van der Waals surface area (Å²) in [5.74, 6) is -0.333. The lowest BCUT2D eigenvalue weighted by molar-refractivity contribution is 0.102. The fraction of sp³-hybridized carbons (Fsp3) is 0.0952. The lowest BCUT2D eigenvalue weighted by atomic mass is 10.2. The first kappa shape index (κ1) is 23.6. The highest BCUT2D eigenvalue weighted by molar-refractivity contribution is 14.2. The molecule has 152 valence electrons. The Labute approximate surface area is 197 Å². The van der Waals surface area contributed by atoms with Gasteiger partial charge in [0.1, 0.15) is 5.75 Å². The predicted molar refractivity (Wildman–Crippen MR) is 133 cm³/mol.